The summed E-state index contributed by atoms with van der Waals surface area (Å²) in [5, 5.41) is 0. The average molecular weight is 263 g/mol. The molecule has 2 N–H and O–H groups in total. The Morgan fingerprint density at radius 2 is 2.25 bits per heavy atom. The maximum atomic E-state index is 10.8. The standard InChI is InChI=1S/C9H17N3O2S2/c1-3-8-7-10-9(15)12(8)6-4-5-11-16(2,13)14/h7,11H,3-6H2,1-2H3,(H,10,15). The van der Waals surface area contributed by atoms with Crippen LogP contribution in [0.1, 0.15) is 19.0 Å². The largest absolute Gasteiger partial charge is 0.337 e. The Bertz CT molecular complexity index is 487. The number of imidazole rings is 1. The summed E-state index contributed by atoms with van der Waals surface area (Å²) < 4.78 is 26.8. The Labute approximate surface area is 101 Å². The highest BCUT2D eigenvalue weighted by molar-refractivity contribution is 7.88. The number of nitrogens with one attached hydrogen (secondary N) is 2. The monoisotopic (exact) mass is 263 g/mol. The van der Waals surface area contributed by atoms with Crippen molar-refractivity contribution in [3.63, 3.8) is 0 Å². The number of sulfonamides is 1. The third-order valence-electron chi connectivity index (χ3n) is 2.24. The molecule has 5 nitrogen and oxygen atoms in total. The lowest BCUT2D eigenvalue weighted by Gasteiger charge is -2.06. The van der Waals surface area contributed by atoms with Gasteiger partial charge in [0.25, 0.3) is 0 Å². The number of aromatic nitrogens is 2. The second kappa shape index (κ2) is 5.60. The number of hydrogen-bond donors (Lipinski definition) is 2. The summed E-state index contributed by atoms with van der Waals surface area (Å²) in [6.07, 6.45) is 4.69. The van der Waals surface area contributed by atoms with Crippen molar-refractivity contribution in [1.29, 1.82) is 0 Å². The molecule has 0 atom stereocenters. The van der Waals surface area contributed by atoms with Crippen LogP contribution in [-0.4, -0.2) is 30.8 Å². The number of hydrogen-bond acceptors (Lipinski definition) is 3. The van der Waals surface area contributed by atoms with Crippen LogP contribution >= 0.6 is 12.2 Å². The van der Waals surface area contributed by atoms with Gasteiger partial charge in [-0.25, -0.2) is 13.1 Å². The van der Waals surface area contributed by atoms with Crippen LogP contribution in [0.4, 0.5) is 0 Å². The first kappa shape index (κ1) is 13.4. The van der Waals surface area contributed by atoms with Crippen molar-refractivity contribution < 1.29 is 8.42 Å². The Morgan fingerprint density at radius 1 is 1.56 bits per heavy atom. The zero-order chi connectivity index (χ0) is 12.2. The summed E-state index contributed by atoms with van der Waals surface area (Å²) in [5.74, 6) is 0. The number of nitrogens with zero attached hydrogens (tertiary/aromatic N) is 1. The van der Waals surface area contributed by atoms with Crippen molar-refractivity contribution >= 4 is 22.2 Å². The highest BCUT2D eigenvalue weighted by Crippen LogP contribution is 2.03. The first-order valence-electron chi connectivity index (χ1n) is 5.15. The number of H-pyrrole nitrogens is 1. The first-order valence-corrected chi connectivity index (χ1v) is 7.45. The summed E-state index contributed by atoms with van der Waals surface area (Å²) in [6.45, 7) is 3.23. The molecule has 1 aromatic heterocycles. The van der Waals surface area contributed by atoms with Gasteiger partial charge in [0.2, 0.25) is 10.0 Å². The van der Waals surface area contributed by atoms with Gasteiger partial charge in [-0.15, -0.1) is 0 Å². The Hall–Kier alpha value is -0.660. The van der Waals surface area contributed by atoms with Crippen LogP contribution in [0.25, 0.3) is 0 Å². The Morgan fingerprint density at radius 3 is 2.81 bits per heavy atom. The molecule has 1 rings (SSSR count). The van der Waals surface area contributed by atoms with Crippen molar-refractivity contribution in [2.24, 2.45) is 0 Å². The topological polar surface area (TPSA) is 66.9 Å². The predicted molar refractivity (Wildman–Crippen MR) is 66.5 cm³/mol. The average Bonchev–Trinajstić information content (AvgIpc) is 2.53. The molecular weight excluding hydrogens is 246 g/mol. The van der Waals surface area contributed by atoms with Gasteiger partial charge in [0.05, 0.1) is 6.26 Å². The fraction of sp³-hybridized carbons (Fsp3) is 0.667. The van der Waals surface area contributed by atoms with E-state index in [9.17, 15) is 8.42 Å². The summed E-state index contributed by atoms with van der Waals surface area (Å²) in [7, 11) is -3.08. The molecule has 0 aliphatic rings. The van der Waals surface area contributed by atoms with Gasteiger partial charge in [-0.05, 0) is 25.1 Å². The molecular formula is C9H17N3O2S2. The number of aromatic amines is 1. The quantitative estimate of drug-likeness (QED) is 0.595. The minimum Gasteiger partial charge on any atom is -0.337 e. The molecule has 0 unspecified atom stereocenters. The molecule has 0 aliphatic carbocycles. The minimum absolute atomic E-state index is 0.439. The molecule has 0 aliphatic heterocycles. The normalized spacial score (nSPS) is 11.9. The molecule has 16 heavy (non-hydrogen) atoms. The van der Waals surface area contributed by atoms with Crippen molar-refractivity contribution in [3.8, 4) is 0 Å². The Balaban J connectivity index is 2.49. The van der Waals surface area contributed by atoms with Crippen molar-refractivity contribution in [2.75, 3.05) is 12.8 Å². The van der Waals surface area contributed by atoms with Crippen LogP contribution < -0.4 is 4.72 Å². The predicted octanol–water partition coefficient (Wildman–Crippen LogP) is 1.05. The van der Waals surface area contributed by atoms with Gasteiger partial charge in [0.15, 0.2) is 4.77 Å². The highest BCUT2D eigenvalue weighted by atomic mass is 32.2. The van der Waals surface area contributed by atoms with Crippen LogP contribution in [0.3, 0.4) is 0 Å². The minimum atomic E-state index is -3.08. The van der Waals surface area contributed by atoms with Crippen LogP contribution in [-0.2, 0) is 23.0 Å². The van der Waals surface area contributed by atoms with E-state index in [0.717, 1.165) is 31.3 Å². The number of rotatable bonds is 6. The summed E-state index contributed by atoms with van der Waals surface area (Å²) in [4.78, 5) is 2.98. The zero-order valence-electron chi connectivity index (χ0n) is 9.49. The summed E-state index contributed by atoms with van der Waals surface area (Å²) in [6, 6.07) is 0. The first-order chi connectivity index (χ1) is 7.44. The summed E-state index contributed by atoms with van der Waals surface area (Å²) >= 11 is 5.13. The zero-order valence-corrected chi connectivity index (χ0v) is 11.1. The van der Waals surface area contributed by atoms with Gasteiger partial charge < -0.3 is 9.55 Å². The van der Waals surface area contributed by atoms with E-state index in [2.05, 4.69) is 16.6 Å². The van der Waals surface area contributed by atoms with Crippen LogP contribution in [0.15, 0.2) is 6.20 Å². The molecule has 0 saturated heterocycles. The second-order valence-electron chi connectivity index (χ2n) is 3.61. The van der Waals surface area contributed by atoms with E-state index in [1.807, 2.05) is 10.8 Å². The maximum Gasteiger partial charge on any atom is 0.208 e. The van der Waals surface area contributed by atoms with E-state index < -0.39 is 10.0 Å². The molecule has 0 fully saturated rings. The molecule has 1 heterocycles. The molecule has 7 heteroatoms. The van der Waals surface area contributed by atoms with E-state index in [1.54, 1.807) is 0 Å². The van der Waals surface area contributed by atoms with Crippen LogP contribution in [0.2, 0.25) is 0 Å². The van der Waals surface area contributed by atoms with E-state index in [0.29, 0.717) is 11.3 Å². The third-order valence-corrected chi connectivity index (χ3v) is 3.31. The molecule has 1 aromatic rings. The van der Waals surface area contributed by atoms with Gasteiger partial charge in [-0.3, -0.25) is 0 Å². The van der Waals surface area contributed by atoms with Crippen LogP contribution in [0.5, 0.6) is 0 Å². The third kappa shape index (κ3) is 4.07. The number of aryl methyl sites for hydroxylation is 1. The van der Waals surface area contributed by atoms with Gasteiger partial charge in [-0.1, -0.05) is 6.92 Å². The fourth-order valence-corrected chi connectivity index (χ4v) is 2.25. The second-order valence-corrected chi connectivity index (χ2v) is 5.83. The van der Waals surface area contributed by atoms with Crippen molar-refractivity contribution in [2.45, 2.75) is 26.3 Å². The summed E-state index contributed by atoms with van der Waals surface area (Å²) in [5.41, 5.74) is 1.14. The van der Waals surface area contributed by atoms with E-state index in [4.69, 9.17) is 12.2 Å². The molecule has 0 amide bonds. The van der Waals surface area contributed by atoms with Gasteiger partial charge in [-0.2, -0.15) is 0 Å². The van der Waals surface area contributed by atoms with E-state index >= 15 is 0 Å². The molecule has 0 radical (unpaired) electrons. The lowest BCUT2D eigenvalue weighted by atomic mass is 10.3. The maximum absolute atomic E-state index is 10.8. The molecule has 0 saturated carbocycles. The smallest absolute Gasteiger partial charge is 0.208 e. The van der Waals surface area contributed by atoms with Gasteiger partial charge in [0, 0.05) is 25.0 Å². The van der Waals surface area contributed by atoms with Gasteiger partial charge in [0.1, 0.15) is 0 Å². The SMILES string of the molecule is CCc1c[nH]c(=S)n1CCCNS(C)(=O)=O. The fourth-order valence-electron chi connectivity index (χ4n) is 1.46. The lowest BCUT2D eigenvalue weighted by Crippen LogP contribution is -2.24. The van der Waals surface area contributed by atoms with Gasteiger partial charge >= 0.3 is 0 Å². The molecule has 0 aromatic carbocycles. The molecule has 92 valence electrons. The Kier molecular flexibility index (Phi) is 4.69. The van der Waals surface area contributed by atoms with Crippen molar-refractivity contribution in [1.82, 2.24) is 14.3 Å². The highest BCUT2D eigenvalue weighted by Gasteiger charge is 2.03. The molecule has 0 spiro atoms. The van der Waals surface area contributed by atoms with E-state index in [-0.39, 0.29) is 0 Å². The van der Waals surface area contributed by atoms with Crippen LogP contribution in [0, 0.1) is 4.77 Å². The molecule has 0 bridgehead atoms. The van der Waals surface area contributed by atoms with E-state index in [1.165, 1.54) is 0 Å². The van der Waals surface area contributed by atoms with Crippen molar-refractivity contribution in [3.05, 3.63) is 16.7 Å². The lowest BCUT2D eigenvalue weighted by molar-refractivity contribution is 0.570.